The molecule has 42 heavy (non-hydrogen) atoms. The van der Waals surface area contributed by atoms with Crippen LogP contribution in [-0.4, -0.2) is 35.3 Å². The van der Waals surface area contributed by atoms with E-state index in [1.165, 1.54) is 0 Å². The molecule has 1 saturated carbocycles. The lowest BCUT2D eigenvalue weighted by molar-refractivity contribution is -0.124. The normalized spacial score (nSPS) is 19.6. The van der Waals surface area contributed by atoms with Gasteiger partial charge in [-0.25, -0.2) is 0 Å². The molecule has 6 rings (SSSR count). The number of hydrogen-bond acceptors (Lipinski definition) is 6. The SMILES string of the molecule is COc1ccc([C@@H](c2cccc(N)c2)C(C(=O)N[C@H]2c3ccccc3C[C@H]2O)c2ccncc2)cc1OC1CCCC1. The number of nitrogens with two attached hydrogens (primary N) is 1. The van der Waals surface area contributed by atoms with Gasteiger partial charge in [-0.3, -0.25) is 9.78 Å². The maximum atomic E-state index is 14.5. The molecule has 1 unspecified atom stereocenters. The van der Waals surface area contributed by atoms with Crippen LogP contribution in [0.3, 0.4) is 0 Å². The Morgan fingerprint density at radius 1 is 0.929 bits per heavy atom. The Kier molecular flexibility index (Phi) is 8.11. The number of carbonyl (C=O) groups is 1. The first-order valence-electron chi connectivity index (χ1n) is 14.7. The summed E-state index contributed by atoms with van der Waals surface area (Å²) in [6.45, 7) is 0. The minimum absolute atomic E-state index is 0.142. The molecule has 1 amide bonds. The molecule has 0 bridgehead atoms. The Balaban J connectivity index is 1.45. The highest BCUT2D eigenvalue weighted by Crippen LogP contribution is 2.43. The summed E-state index contributed by atoms with van der Waals surface area (Å²) < 4.78 is 12.1. The van der Waals surface area contributed by atoms with Crippen LogP contribution in [-0.2, 0) is 11.2 Å². The van der Waals surface area contributed by atoms with E-state index in [4.69, 9.17) is 15.2 Å². The van der Waals surface area contributed by atoms with E-state index in [9.17, 15) is 9.90 Å². The summed E-state index contributed by atoms with van der Waals surface area (Å²) in [5.41, 5.74) is 11.5. The number of nitrogens with one attached hydrogen (secondary N) is 1. The predicted octanol–water partition coefficient (Wildman–Crippen LogP) is 5.68. The van der Waals surface area contributed by atoms with Crippen molar-refractivity contribution in [2.45, 2.75) is 62.2 Å². The fourth-order valence-electron chi connectivity index (χ4n) is 6.55. The van der Waals surface area contributed by atoms with E-state index in [-0.39, 0.29) is 12.0 Å². The molecule has 0 spiro atoms. The van der Waals surface area contributed by atoms with Crippen LogP contribution in [0.15, 0.2) is 91.3 Å². The summed E-state index contributed by atoms with van der Waals surface area (Å²) in [6, 6.07) is 24.7. The van der Waals surface area contributed by atoms with Crippen molar-refractivity contribution in [1.82, 2.24) is 10.3 Å². The van der Waals surface area contributed by atoms with Crippen molar-refractivity contribution < 1.29 is 19.4 Å². The summed E-state index contributed by atoms with van der Waals surface area (Å²) >= 11 is 0. The number of benzene rings is 3. The summed E-state index contributed by atoms with van der Waals surface area (Å²) in [5.74, 6) is 0.0740. The molecule has 216 valence electrons. The lowest BCUT2D eigenvalue weighted by atomic mass is 9.76. The molecule has 7 nitrogen and oxygen atoms in total. The van der Waals surface area contributed by atoms with Crippen LogP contribution in [0.4, 0.5) is 5.69 Å². The number of aliphatic hydroxyl groups excluding tert-OH is 1. The first kappa shape index (κ1) is 27.8. The Bertz CT molecular complexity index is 1540. The second kappa shape index (κ2) is 12.2. The Morgan fingerprint density at radius 2 is 1.69 bits per heavy atom. The van der Waals surface area contributed by atoms with Gasteiger partial charge >= 0.3 is 0 Å². The highest BCUT2D eigenvalue weighted by molar-refractivity contribution is 5.86. The molecule has 7 heteroatoms. The lowest BCUT2D eigenvalue weighted by Gasteiger charge is -2.30. The van der Waals surface area contributed by atoms with Gasteiger partial charge < -0.3 is 25.6 Å². The van der Waals surface area contributed by atoms with Gasteiger partial charge in [-0.2, -0.15) is 0 Å². The number of anilines is 1. The molecule has 4 aromatic rings. The van der Waals surface area contributed by atoms with Gasteiger partial charge in [-0.15, -0.1) is 0 Å². The third kappa shape index (κ3) is 5.70. The number of methoxy groups -OCH3 is 1. The first-order chi connectivity index (χ1) is 20.5. The van der Waals surface area contributed by atoms with Crippen molar-refractivity contribution in [3.63, 3.8) is 0 Å². The Labute approximate surface area is 246 Å². The second-order valence-electron chi connectivity index (χ2n) is 11.3. The van der Waals surface area contributed by atoms with Crippen LogP contribution in [0.5, 0.6) is 11.5 Å². The van der Waals surface area contributed by atoms with Crippen molar-refractivity contribution in [2.24, 2.45) is 0 Å². The molecule has 0 aliphatic heterocycles. The van der Waals surface area contributed by atoms with Gasteiger partial charge in [-0.05, 0) is 89.9 Å². The van der Waals surface area contributed by atoms with Crippen LogP contribution in [0.1, 0.15) is 71.4 Å². The molecule has 3 aromatic carbocycles. The largest absolute Gasteiger partial charge is 0.493 e. The van der Waals surface area contributed by atoms with Crippen molar-refractivity contribution in [2.75, 3.05) is 12.8 Å². The number of pyridine rings is 1. The zero-order valence-corrected chi connectivity index (χ0v) is 23.8. The number of aliphatic hydroxyl groups is 1. The molecule has 4 N–H and O–H groups in total. The van der Waals surface area contributed by atoms with Crippen molar-refractivity contribution >= 4 is 11.6 Å². The molecular weight excluding hydrogens is 526 g/mol. The van der Waals surface area contributed by atoms with Crippen LogP contribution in [0, 0.1) is 0 Å². The zero-order chi connectivity index (χ0) is 29.1. The molecule has 2 aliphatic carbocycles. The Morgan fingerprint density at radius 3 is 2.45 bits per heavy atom. The maximum Gasteiger partial charge on any atom is 0.229 e. The number of carbonyl (C=O) groups excluding carboxylic acids is 1. The number of nitrogens with zero attached hydrogens (tertiary/aromatic N) is 1. The minimum atomic E-state index is -0.706. The van der Waals surface area contributed by atoms with Gasteiger partial charge in [0.15, 0.2) is 11.5 Å². The van der Waals surface area contributed by atoms with Crippen molar-refractivity contribution in [1.29, 1.82) is 0 Å². The molecule has 1 fully saturated rings. The third-order valence-electron chi connectivity index (χ3n) is 8.60. The van der Waals surface area contributed by atoms with Crippen molar-refractivity contribution in [3.8, 4) is 11.5 Å². The van der Waals surface area contributed by atoms with Crippen LogP contribution in [0.2, 0.25) is 0 Å². The highest BCUT2D eigenvalue weighted by Gasteiger charge is 2.38. The summed E-state index contributed by atoms with van der Waals surface area (Å²) in [5, 5.41) is 14.2. The van der Waals surface area contributed by atoms with E-state index in [1.54, 1.807) is 19.5 Å². The predicted molar refractivity (Wildman–Crippen MR) is 163 cm³/mol. The van der Waals surface area contributed by atoms with E-state index in [2.05, 4.69) is 10.3 Å². The average molecular weight is 564 g/mol. The van der Waals surface area contributed by atoms with Gasteiger partial charge in [0, 0.05) is 30.4 Å². The van der Waals surface area contributed by atoms with Crippen LogP contribution >= 0.6 is 0 Å². The van der Waals surface area contributed by atoms with E-state index in [0.717, 1.165) is 53.5 Å². The molecule has 1 heterocycles. The lowest BCUT2D eigenvalue weighted by Crippen LogP contribution is -2.39. The van der Waals surface area contributed by atoms with Crippen LogP contribution < -0.4 is 20.5 Å². The monoisotopic (exact) mass is 563 g/mol. The summed E-state index contributed by atoms with van der Waals surface area (Å²) in [7, 11) is 1.64. The molecule has 1 aromatic heterocycles. The number of rotatable bonds is 9. The molecule has 0 saturated heterocycles. The highest BCUT2D eigenvalue weighted by atomic mass is 16.5. The number of amides is 1. The van der Waals surface area contributed by atoms with E-state index in [1.807, 2.05) is 78.9 Å². The van der Waals surface area contributed by atoms with E-state index >= 15 is 0 Å². The molecule has 4 atom stereocenters. The summed E-state index contributed by atoms with van der Waals surface area (Å²) in [4.78, 5) is 18.7. The zero-order valence-electron chi connectivity index (χ0n) is 23.8. The van der Waals surface area contributed by atoms with Gasteiger partial charge in [0.1, 0.15) is 0 Å². The van der Waals surface area contributed by atoms with Gasteiger partial charge in [-0.1, -0.05) is 42.5 Å². The van der Waals surface area contributed by atoms with Crippen molar-refractivity contribution in [3.05, 3.63) is 119 Å². The fraction of sp³-hybridized carbons (Fsp3) is 0.314. The second-order valence-corrected chi connectivity index (χ2v) is 11.3. The smallest absolute Gasteiger partial charge is 0.229 e. The number of nitrogen functional groups attached to an aromatic ring is 1. The van der Waals surface area contributed by atoms with E-state index in [0.29, 0.717) is 23.6 Å². The fourth-order valence-corrected chi connectivity index (χ4v) is 6.55. The standard InChI is InChI=1S/C35H37N3O4/c1-41-30-14-13-25(21-31(30)42-27-10-3-4-11-27)32(24-8-6-9-26(36)19-24)33(22-15-17-37-18-16-22)35(40)38-34-28-12-5-2-7-23(28)20-29(34)39/h2,5-9,12-19,21,27,29,32-34,39H,3-4,10-11,20,36H2,1H3,(H,38,40)/t29-,32-,33?,34+/m1/s1. The first-order valence-corrected chi connectivity index (χ1v) is 14.7. The average Bonchev–Trinajstić information content (AvgIpc) is 3.63. The van der Waals surface area contributed by atoms with Gasteiger partial charge in [0.2, 0.25) is 5.91 Å². The maximum absolute atomic E-state index is 14.5. The number of ether oxygens (including phenoxy) is 2. The minimum Gasteiger partial charge on any atom is -0.493 e. The molecule has 0 radical (unpaired) electrons. The van der Waals surface area contributed by atoms with Gasteiger partial charge in [0.05, 0.1) is 31.3 Å². The van der Waals surface area contributed by atoms with Gasteiger partial charge in [0.25, 0.3) is 0 Å². The van der Waals surface area contributed by atoms with Crippen LogP contribution in [0.25, 0.3) is 0 Å². The topological polar surface area (TPSA) is 107 Å². The third-order valence-corrected chi connectivity index (χ3v) is 8.60. The summed E-state index contributed by atoms with van der Waals surface area (Å²) in [6.07, 6.45) is 7.67. The number of fused-ring (bicyclic) bond motifs is 1. The number of hydrogen-bond donors (Lipinski definition) is 3. The quantitative estimate of drug-likeness (QED) is 0.226. The Hall–Kier alpha value is -4.36. The molecule has 2 aliphatic rings. The van der Waals surface area contributed by atoms with E-state index < -0.39 is 24.0 Å². The number of aromatic nitrogens is 1. The molecular formula is C35H37N3O4.